The van der Waals surface area contributed by atoms with Gasteiger partial charge in [-0.1, -0.05) is 11.2 Å². The lowest BCUT2D eigenvalue weighted by Gasteiger charge is -2.24. The standard InChI is InChI=1S/C21H27N3O4/c1-14-6-7-17(11-15(14)2)22-20(25)8-9-24(13-18-5-4-10-27-18)21(26)19-12-16(3)28-23-19/h6-7,11-12,18H,4-5,8-10,13H2,1-3H3,(H,22,25)/t18-/m0/s1. The summed E-state index contributed by atoms with van der Waals surface area (Å²) in [7, 11) is 0. The van der Waals surface area contributed by atoms with E-state index < -0.39 is 0 Å². The highest BCUT2D eigenvalue weighted by molar-refractivity contribution is 5.94. The number of anilines is 1. The number of nitrogens with zero attached hydrogens (tertiary/aromatic N) is 2. The number of amides is 2. The smallest absolute Gasteiger partial charge is 0.276 e. The maximum absolute atomic E-state index is 12.8. The molecule has 7 heteroatoms. The molecule has 1 aromatic heterocycles. The van der Waals surface area contributed by atoms with Crippen LogP contribution in [0, 0.1) is 20.8 Å². The average molecular weight is 385 g/mol. The Labute approximate surface area is 165 Å². The lowest BCUT2D eigenvalue weighted by molar-refractivity contribution is -0.116. The fraction of sp³-hybridized carbons (Fsp3) is 0.476. The van der Waals surface area contributed by atoms with E-state index in [1.807, 2.05) is 32.0 Å². The van der Waals surface area contributed by atoms with Gasteiger partial charge >= 0.3 is 0 Å². The molecule has 0 saturated carbocycles. The van der Waals surface area contributed by atoms with Crippen molar-refractivity contribution in [3.8, 4) is 0 Å². The molecule has 1 aliphatic rings. The van der Waals surface area contributed by atoms with Crippen molar-refractivity contribution in [2.75, 3.05) is 25.0 Å². The van der Waals surface area contributed by atoms with Crippen LogP contribution in [0.25, 0.3) is 0 Å². The topological polar surface area (TPSA) is 84.7 Å². The minimum Gasteiger partial charge on any atom is -0.376 e. The normalized spacial score (nSPS) is 16.2. The Bertz CT molecular complexity index is 840. The van der Waals surface area contributed by atoms with Gasteiger partial charge in [-0.15, -0.1) is 0 Å². The number of carbonyl (C=O) groups excluding carboxylic acids is 2. The second-order valence-corrected chi connectivity index (χ2v) is 7.31. The molecule has 2 aromatic rings. The molecule has 1 saturated heterocycles. The third-order valence-corrected chi connectivity index (χ3v) is 4.98. The molecule has 0 radical (unpaired) electrons. The van der Waals surface area contributed by atoms with Gasteiger partial charge < -0.3 is 19.5 Å². The van der Waals surface area contributed by atoms with E-state index >= 15 is 0 Å². The molecular weight excluding hydrogens is 358 g/mol. The molecular formula is C21H27N3O4. The molecule has 1 N–H and O–H groups in total. The van der Waals surface area contributed by atoms with Crippen LogP contribution in [0.4, 0.5) is 5.69 Å². The Hall–Kier alpha value is -2.67. The van der Waals surface area contributed by atoms with Gasteiger partial charge in [0, 0.05) is 37.9 Å². The molecule has 0 unspecified atom stereocenters. The first-order valence-corrected chi connectivity index (χ1v) is 9.63. The summed E-state index contributed by atoms with van der Waals surface area (Å²) >= 11 is 0. The largest absolute Gasteiger partial charge is 0.376 e. The summed E-state index contributed by atoms with van der Waals surface area (Å²) in [5, 5.41) is 6.72. The van der Waals surface area contributed by atoms with Crippen LogP contribution in [-0.2, 0) is 9.53 Å². The number of aromatic nitrogens is 1. The Balaban J connectivity index is 1.62. The van der Waals surface area contributed by atoms with Crippen molar-refractivity contribution < 1.29 is 18.8 Å². The van der Waals surface area contributed by atoms with E-state index in [0.29, 0.717) is 25.5 Å². The van der Waals surface area contributed by atoms with Gasteiger partial charge in [0.2, 0.25) is 5.91 Å². The molecule has 0 aliphatic carbocycles. The van der Waals surface area contributed by atoms with Crippen molar-refractivity contribution in [2.45, 2.75) is 46.1 Å². The number of benzene rings is 1. The number of nitrogens with one attached hydrogen (secondary N) is 1. The average Bonchev–Trinajstić information content (AvgIpc) is 3.33. The van der Waals surface area contributed by atoms with Crippen LogP contribution in [-0.4, -0.2) is 47.7 Å². The zero-order chi connectivity index (χ0) is 20.1. The van der Waals surface area contributed by atoms with Crippen molar-refractivity contribution in [3.05, 3.63) is 46.8 Å². The van der Waals surface area contributed by atoms with E-state index in [4.69, 9.17) is 9.26 Å². The number of ether oxygens (including phenoxy) is 1. The molecule has 0 bridgehead atoms. The summed E-state index contributed by atoms with van der Waals surface area (Å²) in [6, 6.07) is 7.42. The lowest BCUT2D eigenvalue weighted by Crippen LogP contribution is -2.39. The van der Waals surface area contributed by atoms with Crippen molar-refractivity contribution in [1.82, 2.24) is 10.1 Å². The summed E-state index contributed by atoms with van der Waals surface area (Å²) in [6.07, 6.45) is 2.10. The van der Waals surface area contributed by atoms with Crippen molar-refractivity contribution in [1.29, 1.82) is 0 Å². The maximum Gasteiger partial charge on any atom is 0.276 e. The van der Waals surface area contributed by atoms with Crippen LogP contribution in [0.2, 0.25) is 0 Å². The molecule has 0 spiro atoms. The Kier molecular flexibility index (Phi) is 6.46. The van der Waals surface area contributed by atoms with Crippen LogP contribution in [0.3, 0.4) is 0 Å². The molecule has 2 heterocycles. The molecule has 28 heavy (non-hydrogen) atoms. The van der Waals surface area contributed by atoms with E-state index in [0.717, 1.165) is 24.1 Å². The van der Waals surface area contributed by atoms with Gasteiger partial charge in [-0.3, -0.25) is 9.59 Å². The molecule has 150 valence electrons. The Morgan fingerprint density at radius 2 is 2.04 bits per heavy atom. The number of rotatable bonds is 7. The van der Waals surface area contributed by atoms with E-state index in [2.05, 4.69) is 10.5 Å². The number of hydrogen-bond acceptors (Lipinski definition) is 5. The van der Waals surface area contributed by atoms with Crippen LogP contribution in [0.15, 0.2) is 28.8 Å². The van der Waals surface area contributed by atoms with E-state index in [-0.39, 0.29) is 30.0 Å². The summed E-state index contributed by atoms with van der Waals surface area (Å²) < 4.78 is 10.7. The van der Waals surface area contributed by atoms with Gasteiger partial charge in [0.25, 0.3) is 5.91 Å². The third-order valence-electron chi connectivity index (χ3n) is 4.98. The number of aryl methyl sites for hydroxylation is 3. The van der Waals surface area contributed by atoms with Gasteiger partial charge in [0.15, 0.2) is 5.69 Å². The monoisotopic (exact) mass is 385 g/mol. The van der Waals surface area contributed by atoms with Crippen molar-refractivity contribution >= 4 is 17.5 Å². The maximum atomic E-state index is 12.8. The highest BCUT2D eigenvalue weighted by Crippen LogP contribution is 2.17. The van der Waals surface area contributed by atoms with Crippen LogP contribution >= 0.6 is 0 Å². The van der Waals surface area contributed by atoms with E-state index in [9.17, 15) is 9.59 Å². The molecule has 1 fully saturated rings. The van der Waals surface area contributed by atoms with Crippen LogP contribution < -0.4 is 5.32 Å². The van der Waals surface area contributed by atoms with Crippen LogP contribution in [0.1, 0.15) is 46.6 Å². The Morgan fingerprint density at radius 3 is 2.68 bits per heavy atom. The van der Waals surface area contributed by atoms with Crippen molar-refractivity contribution in [3.63, 3.8) is 0 Å². The number of carbonyl (C=O) groups is 2. The minimum absolute atomic E-state index is 0.000225. The highest BCUT2D eigenvalue weighted by atomic mass is 16.5. The molecule has 3 rings (SSSR count). The number of hydrogen-bond donors (Lipinski definition) is 1. The fourth-order valence-corrected chi connectivity index (χ4v) is 3.22. The summed E-state index contributed by atoms with van der Waals surface area (Å²) in [5.41, 5.74) is 3.31. The molecule has 1 aromatic carbocycles. The second-order valence-electron chi connectivity index (χ2n) is 7.31. The fourth-order valence-electron chi connectivity index (χ4n) is 3.22. The highest BCUT2D eigenvalue weighted by Gasteiger charge is 2.25. The second kappa shape index (κ2) is 9.01. The van der Waals surface area contributed by atoms with Crippen molar-refractivity contribution in [2.24, 2.45) is 0 Å². The zero-order valence-corrected chi connectivity index (χ0v) is 16.7. The van der Waals surface area contributed by atoms with Crippen LogP contribution in [0.5, 0.6) is 0 Å². The van der Waals surface area contributed by atoms with Gasteiger partial charge in [-0.2, -0.15) is 0 Å². The quantitative estimate of drug-likeness (QED) is 0.791. The SMILES string of the molecule is Cc1cc(C(=O)N(CCC(=O)Nc2ccc(C)c(C)c2)C[C@@H]2CCCO2)no1. The lowest BCUT2D eigenvalue weighted by atomic mass is 10.1. The van der Waals surface area contributed by atoms with E-state index in [1.165, 1.54) is 5.56 Å². The Morgan fingerprint density at radius 1 is 1.21 bits per heavy atom. The molecule has 1 atom stereocenters. The van der Waals surface area contributed by atoms with Gasteiger partial charge in [-0.25, -0.2) is 0 Å². The minimum atomic E-state index is -0.244. The first kappa shape index (κ1) is 20.1. The first-order chi connectivity index (χ1) is 13.4. The zero-order valence-electron chi connectivity index (χ0n) is 16.7. The molecule has 7 nitrogen and oxygen atoms in total. The third kappa shape index (κ3) is 5.19. The summed E-state index contributed by atoms with van der Waals surface area (Å²) in [4.78, 5) is 26.8. The first-order valence-electron chi connectivity index (χ1n) is 9.63. The predicted octanol–water partition coefficient (Wildman–Crippen LogP) is 3.25. The van der Waals surface area contributed by atoms with Gasteiger partial charge in [0.1, 0.15) is 5.76 Å². The molecule has 2 amide bonds. The van der Waals surface area contributed by atoms with Gasteiger partial charge in [0.05, 0.1) is 6.10 Å². The summed E-state index contributed by atoms with van der Waals surface area (Å²) in [6.45, 7) is 7.23. The predicted molar refractivity (Wildman–Crippen MR) is 105 cm³/mol. The van der Waals surface area contributed by atoms with Gasteiger partial charge in [-0.05, 0) is 56.9 Å². The summed E-state index contributed by atoms with van der Waals surface area (Å²) in [5.74, 6) is 0.198. The van der Waals surface area contributed by atoms with E-state index in [1.54, 1.807) is 17.9 Å². The molecule has 1 aliphatic heterocycles.